The highest BCUT2D eigenvalue weighted by molar-refractivity contribution is 7.87. The monoisotopic (exact) mass is 494 g/mol. The van der Waals surface area contributed by atoms with E-state index in [1.807, 2.05) is 30.3 Å². The van der Waals surface area contributed by atoms with Crippen molar-refractivity contribution >= 4 is 22.2 Å². The van der Waals surface area contributed by atoms with E-state index in [2.05, 4.69) is 14.9 Å². The largest absolute Gasteiger partial charge is 0.388 e. The number of nitrogens with one attached hydrogen (secondary N) is 2. The zero-order chi connectivity index (χ0) is 24.7. The molecule has 6 atom stereocenters. The van der Waals surface area contributed by atoms with Gasteiger partial charge in [0.05, 0.1) is 25.4 Å². The molecule has 34 heavy (non-hydrogen) atoms. The van der Waals surface area contributed by atoms with E-state index < -0.39 is 41.6 Å². The molecule has 2 unspecified atom stereocenters. The van der Waals surface area contributed by atoms with Gasteiger partial charge in [0.1, 0.15) is 34.2 Å². The lowest BCUT2D eigenvalue weighted by Gasteiger charge is -2.40. The van der Waals surface area contributed by atoms with Crippen LogP contribution in [0.15, 0.2) is 29.2 Å². The topological polar surface area (TPSA) is 147 Å². The zero-order valence-electron chi connectivity index (χ0n) is 19.5. The second kappa shape index (κ2) is 12.7. The van der Waals surface area contributed by atoms with Crippen LogP contribution in [0.4, 0.5) is 5.69 Å². The fourth-order valence-corrected chi connectivity index (χ4v) is 5.11. The molecule has 0 bridgehead atoms. The highest BCUT2D eigenvalue weighted by Crippen LogP contribution is 2.25. The highest BCUT2D eigenvalue weighted by Gasteiger charge is 2.44. The number of hydrogen-bond acceptors (Lipinski definition) is 9. The Balaban J connectivity index is 1.62. The molecule has 3 rings (SSSR count). The number of allylic oxidation sites excluding steroid dienone is 2. The molecule has 0 radical (unpaired) electrons. The first kappa shape index (κ1) is 26.7. The molecule has 10 nitrogen and oxygen atoms in total. The summed E-state index contributed by atoms with van der Waals surface area (Å²) in [5.74, 6) is 0. The van der Waals surface area contributed by atoms with Crippen molar-refractivity contribution in [3.05, 3.63) is 34.7 Å². The molecule has 188 valence electrons. The predicted molar refractivity (Wildman–Crippen MR) is 129 cm³/mol. The van der Waals surface area contributed by atoms with Crippen LogP contribution in [0.1, 0.15) is 25.8 Å². The number of benzene rings is 1. The SMILES string of the molecule is CC[C@H]1OC(O)[C@H](NS(=O)/C(C#N)=C(\C)c2ccc(NCCN3CCOCC3)cc2)[C@@H](O)[C@@H]1O. The van der Waals surface area contributed by atoms with Gasteiger partial charge in [0.25, 0.3) is 0 Å². The average Bonchev–Trinajstić information content (AvgIpc) is 2.85. The molecule has 2 aliphatic rings. The Bertz CT molecular complexity index is 900. The fourth-order valence-electron chi connectivity index (χ4n) is 4.01. The molecule has 0 amide bonds. The van der Waals surface area contributed by atoms with Crippen molar-refractivity contribution in [1.82, 2.24) is 9.62 Å². The molecule has 5 N–H and O–H groups in total. The molecular weight excluding hydrogens is 460 g/mol. The van der Waals surface area contributed by atoms with Gasteiger partial charge >= 0.3 is 0 Å². The van der Waals surface area contributed by atoms with Crippen LogP contribution in [0.2, 0.25) is 0 Å². The first-order valence-corrected chi connectivity index (χ1v) is 12.6. The van der Waals surface area contributed by atoms with Gasteiger partial charge in [0.2, 0.25) is 0 Å². The minimum absolute atomic E-state index is 0.0421. The third kappa shape index (κ3) is 6.62. The molecule has 0 spiro atoms. The number of rotatable bonds is 9. The minimum atomic E-state index is -2.04. The third-order valence-corrected chi connectivity index (χ3v) is 7.43. The number of nitriles is 1. The molecule has 2 saturated heterocycles. The van der Waals surface area contributed by atoms with Crippen LogP contribution in [-0.2, 0) is 20.5 Å². The highest BCUT2D eigenvalue weighted by atomic mass is 32.2. The van der Waals surface area contributed by atoms with E-state index in [0.717, 1.165) is 50.6 Å². The number of nitrogens with zero attached hydrogens (tertiary/aromatic N) is 2. The van der Waals surface area contributed by atoms with Gasteiger partial charge < -0.3 is 30.1 Å². The normalized spacial score (nSPS) is 29.7. The lowest BCUT2D eigenvalue weighted by molar-refractivity contribution is -0.244. The first-order valence-electron chi connectivity index (χ1n) is 11.5. The van der Waals surface area contributed by atoms with Gasteiger partial charge in [-0.15, -0.1) is 0 Å². The summed E-state index contributed by atoms with van der Waals surface area (Å²) >= 11 is 0. The van der Waals surface area contributed by atoms with Crippen LogP contribution < -0.4 is 10.0 Å². The Morgan fingerprint density at radius 2 is 1.88 bits per heavy atom. The molecule has 0 aliphatic carbocycles. The van der Waals surface area contributed by atoms with E-state index in [0.29, 0.717) is 12.0 Å². The van der Waals surface area contributed by atoms with E-state index in [4.69, 9.17) is 9.47 Å². The molecule has 2 fully saturated rings. The van der Waals surface area contributed by atoms with E-state index in [1.54, 1.807) is 13.8 Å². The van der Waals surface area contributed by atoms with Crippen LogP contribution >= 0.6 is 0 Å². The van der Waals surface area contributed by atoms with Crippen LogP contribution in [0.3, 0.4) is 0 Å². The van der Waals surface area contributed by atoms with Gasteiger partial charge in [0, 0.05) is 31.9 Å². The summed E-state index contributed by atoms with van der Waals surface area (Å²) < 4.78 is 26.1. The second-order valence-corrected chi connectivity index (χ2v) is 9.57. The van der Waals surface area contributed by atoms with Crippen LogP contribution in [0.25, 0.3) is 5.57 Å². The molecule has 1 aromatic rings. The molecule has 2 aliphatic heterocycles. The fraction of sp³-hybridized carbons (Fsp3) is 0.609. The number of hydrogen-bond donors (Lipinski definition) is 5. The summed E-state index contributed by atoms with van der Waals surface area (Å²) in [5.41, 5.74) is 2.16. The standard InChI is InChI=1S/C23H34N4O6S/c1-3-18-21(28)22(29)20(23(30)33-18)26-34(31)19(14-24)15(2)16-4-6-17(7-5-16)25-8-9-27-10-12-32-13-11-27/h4-7,18,20-23,25-26,28-30H,3,8-13H2,1-2H3/b19-15+/t18-,20-,21-,22-,23?,34?/m1/s1. The van der Waals surface area contributed by atoms with E-state index in [1.165, 1.54) is 0 Å². The average molecular weight is 495 g/mol. The number of ether oxygens (including phenoxy) is 2. The summed E-state index contributed by atoms with van der Waals surface area (Å²) in [7, 11) is -2.04. The molecular formula is C23H34N4O6S. The van der Waals surface area contributed by atoms with Crippen molar-refractivity contribution in [2.75, 3.05) is 44.7 Å². The van der Waals surface area contributed by atoms with E-state index in [-0.39, 0.29) is 4.91 Å². The minimum Gasteiger partial charge on any atom is -0.388 e. The molecule has 0 aromatic heterocycles. The molecule has 0 saturated carbocycles. The lowest BCUT2D eigenvalue weighted by atomic mass is 9.96. The first-order chi connectivity index (χ1) is 16.3. The number of aliphatic hydroxyl groups excluding tert-OH is 3. The van der Waals surface area contributed by atoms with Crippen molar-refractivity contribution in [2.45, 2.75) is 50.9 Å². The van der Waals surface area contributed by atoms with E-state index in [9.17, 15) is 24.8 Å². The van der Waals surface area contributed by atoms with Gasteiger partial charge in [0.15, 0.2) is 6.29 Å². The summed E-state index contributed by atoms with van der Waals surface area (Å²) in [5, 5.41) is 43.7. The van der Waals surface area contributed by atoms with E-state index >= 15 is 0 Å². The second-order valence-electron chi connectivity index (χ2n) is 8.39. The predicted octanol–water partition coefficient (Wildman–Crippen LogP) is 0.156. The van der Waals surface area contributed by atoms with Crippen LogP contribution in [-0.4, -0.2) is 94.5 Å². The summed E-state index contributed by atoms with van der Waals surface area (Å²) in [6.07, 6.45) is -4.46. The van der Waals surface area contributed by atoms with Crippen molar-refractivity contribution in [3.63, 3.8) is 0 Å². The van der Waals surface area contributed by atoms with Gasteiger partial charge in [-0.2, -0.15) is 5.26 Å². The lowest BCUT2D eigenvalue weighted by Crippen LogP contribution is -2.62. The van der Waals surface area contributed by atoms with Crippen LogP contribution in [0.5, 0.6) is 0 Å². The van der Waals surface area contributed by atoms with Crippen LogP contribution in [0, 0.1) is 11.3 Å². The van der Waals surface area contributed by atoms with Gasteiger partial charge in [-0.05, 0) is 36.6 Å². The Labute approximate surface area is 202 Å². The quantitative estimate of drug-likeness (QED) is 0.303. The van der Waals surface area contributed by atoms with Crippen molar-refractivity contribution in [3.8, 4) is 6.07 Å². The number of anilines is 1. The third-order valence-electron chi connectivity index (χ3n) is 6.17. The molecule has 1 aromatic carbocycles. The number of morpholine rings is 1. The summed E-state index contributed by atoms with van der Waals surface area (Å²) in [6.45, 7) is 8.56. The maximum absolute atomic E-state index is 12.9. The Morgan fingerprint density at radius 3 is 2.50 bits per heavy atom. The van der Waals surface area contributed by atoms with Crippen molar-refractivity contribution < 1.29 is 29.0 Å². The van der Waals surface area contributed by atoms with Gasteiger partial charge in [-0.1, -0.05) is 19.1 Å². The summed E-state index contributed by atoms with van der Waals surface area (Å²) in [4.78, 5) is 2.30. The Kier molecular flexibility index (Phi) is 9.99. The van der Waals surface area contributed by atoms with Gasteiger partial charge in [-0.25, -0.2) is 8.93 Å². The number of aliphatic hydroxyl groups is 3. The smallest absolute Gasteiger partial charge is 0.174 e. The van der Waals surface area contributed by atoms with Gasteiger partial charge in [-0.3, -0.25) is 4.90 Å². The molecule has 2 heterocycles. The molecule has 11 heteroatoms. The maximum Gasteiger partial charge on any atom is 0.174 e. The zero-order valence-corrected chi connectivity index (χ0v) is 20.3. The summed E-state index contributed by atoms with van der Waals surface area (Å²) in [6, 6.07) is 8.21. The Hall–Kier alpha value is -1.88. The van der Waals surface area contributed by atoms with Crippen molar-refractivity contribution in [1.29, 1.82) is 5.26 Å². The Morgan fingerprint density at radius 1 is 1.21 bits per heavy atom. The maximum atomic E-state index is 12.9. The van der Waals surface area contributed by atoms with Crippen molar-refractivity contribution in [2.24, 2.45) is 0 Å².